The number of carbonyl (C=O) groups excluding carboxylic acids is 1. The lowest BCUT2D eigenvalue weighted by Crippen LogP contribution is -2.43. The summed E-state index contributed by atoms with van der Waals surface area (Å²) in [7, 11) is 3.31. The standard InChI is InChI=1S/C29H37N3O4/c1-4-23-24-15-20(19-9-13-32(14-10-19)28(34)18-31-12-11-22(33)17-31)5-7-25(24)30-29(23)21-6-8-26(35-2)27(16-21)36-3/h5-8,15-16,19,22,30,33H,4,9-14,17-18H2,1-3H3. The van der Waals surface area contributed by atoms with E-state index in [1.54, 1.807) is 14.2 Å². The Balaban J connectivity index is 1.32. The van der Waals surface area contributed by atoms with Crippen molar-refractivity contribution in [1.29, 1.82) is 0 Å². The van der Waals surface area contributed by atoms with E-state index in [2.05, 4.69) is 41.1 Å². The number of aromatic amines is 1. The monoisotopic (exact) mass is 491 g/mol. The molecule has 192 valence electrons. The van der Waals surface area contributed by atoms with Crippen LogP contribution in [0.1, 0.15) is 43.2 Å². The van der Waals surface area contributed by atoms with Crippen LogP contribution in [0.3, 0.4) is 0 Å². The molecule has 7 nitrogen and oxygen atoms in total. The summed E-state index contributed by atoms with van der Waals surface area (Å²) in [5.41, 5.74) is 6.00. The van der Waals surface area contributed by atoms with Gasteiger partial charge in [0.25, 0.3) is 0 Å². The van der Waals surface area contributed by atoms with Gasteiger partial charge in [-0.05, 0) is 73.1 Å². The summed E-state index contributed by atoms with van der Waals surface area (Å²) in [6, 6.07) is 12.8. The second kappa shape index (κ2) is 10.5. The Morgan fingerprint density at radius 1 is 1.03 bits per heavy atom. The van der Waals surface area contributed by atoms with Crippen LogP contribution in [0.2, 0.25) is 0 Å². The van der Waals surface area contributed by atoms with Gasteiger partial charge < -0.3 is 24.5 Å². The average molecular weight is 492 g/mol. The number of likely N-dealkylation sites (tertiary alicyclic amines) is 2. The van der Waals surface area contributed by atoms with Gasteiger partial charge in [-0.2, -0.15) is 0 Å². The number of piperidine rings is 1. The minimum atomic E-state index is -0.285. The van der Waals surface area contributed by atoms with Gasteiger partial charge in [0.15, 0.2) is 11.5 Å². The molecule has 2 aliphatic heterocycles. The zero-order valence-corrected chi connectivity index (χ0v) is 21.5. The van der Waals surface area contributed by atoms with Crippen LogP contribution >= 0.6 is 0 Å². The van der Waals surface area contributed by atoms with Gasteiger partial charge in [0.1, 0.15) is 0 Å². The molecule has 1 unspecified atom stereocenters. The third-order valence-corrected chi connectivity index (χ3v) is 7.88. The molecule has 2 saturated heterocycles. The van der Waals surface area contributed by atoms with Gasteiger partial charge in [-0.3, -0.25) is 9.69 Å². The Hall–Kier alpha value is -3.03. The largest absolute Gasteiger partial charge is 0.493 e. The van der Waals surface area contributed by atoms with Crippen molar-refractivity contribution < 1.29 is 19.4 Å². The van der Waals surface area contributed by atoms with E-state index < -0.39 is 0 Å². The van der Waals surface area contributed by atoms with Crippen molar-refractivity contribution in [3.05, 3.63) is 47.5 Å². The molecule has 2 aliphatic rings. The van der Waals surface area contributed by atoms with E-state index in [4.69, 9.17) is 9.47 Å². The van der Waals surface area contributed by atoms with Crippen molar-refractivity contribution >= 4 is 16.8 Å². The van der Waals surface area contributed by atoms with E-state index in [0.29, 0.717) is 19.0 Å². The first-order valence-electron chi connectivity index (χ1n) is 13.1. The lowest BCUT2D eigenvalue weighted by atomic mass is 9.88. The molecule has 5 rings (SSSR count). The third kappa shape index (κ3) is 4.82. The molecule has 0 aliphatic carbocycles. The first-order valence-corrected chi connectivity index (χ1v) is 13.1. The normalized spacial score (nSPS) is 19.2. The van der Waals surface area contributed by atoms with Gasteiger partial charge in [0.05, 0.1) is 26.9 Å². The maximum atomic E-state index is 12.8. The van der Waals surface area contributed by atoms with Crippen molar-refractivity contribution in [1.82, 2.24) is 14.8 Å². The fourth-order valence-corrected chi connectivity index (χ4v) is 5.83. The van der Waals surface area contributed by atoms with E-state index in [-0.39, 0.29) is 12.0 Å². The molecule has 2 aromatic carbocycles. The summed E-state index contributed by atoms with van der Waals surface area (Å²) in [4.78, 5) is 20.5. The molecule has 1 aromatic heterocycles. The summed E-state index contributed by atoms with van der Waals surface area (Å²) >= 11 is 0. The highest BCUT2D eigenvalue weighted by Crippen LogP contribution is 2.38. The molecule has 1 amide bonds. The van der Waals surface area contributed by atoms with Gasteiger partial charge in [-0.25, -0.2) is 0 Å². The SMILES string of the molecule is CCc1c(-c2ccc(OC)c(OC)c2)[nH]c2ccc(C3CCN(C(=O)CN4CCC(O)C4)CC3)cc12. The van der Waals surface area contributed by atoms with Crippen molar-refractivity contribution in [3.63, 3.8) is 0 Å². The number of H-pyrrole nitrogens is 1. The number of benzene rings is 2. The second-order valence-corrected chi connectivity index (χ2v) is 10.0. The van der Waals surface area contributed by atoms with Crippen LogP contribution in [0.25, 0.3) is 22.2 Å². The summed E-state index contributed by atoms with van der Waals surface area (Å²) in [5, 5.41) is 11.0. The number of β-amino-alcohol motifs (C(OH)–C–C–N with tert-alkyl or cyclic N) is 1. The molecule has 7 heteroatoms. The zero-order chi connectivity index (χ0) is 25.2. The van der Waals surface area contributed by atoms with E-state index in [1.807, 2.05) is 17.0 Å². The van der Waals surface area contributed by atoms with Crippen LogP contribution in [0, 0.1) is 0 Å². The number of ether oxygens (including phenoxy) is 2. The lowest BCUT2D eigenvalue weighted by molar-refractivity contribution is -0.133. The Bertz CT molecular complexity index is 1230. The molecule has 2 N–H and O–H groups in total. The van der Waals surface area contributed by atoms with Crippen molar-refractivity contribution in [2.75, 3.05) is 46.9 Å². The number of amides is 1. The summed E-state index contributed by atoms with van der Waals surface area (Å²) < 4.78 is 10.9. The molecule has 3 heterocycles. The number of methoxy groups -OCH3 is 2. The van der Waals surface area contributed by atoms with Crippen LogP contribution in [-0.2, 0) is 11.2 Å². The van der Waals surface area contributed by atoms with Crippen molar-refractivity contribution in [3.8, 4) is 22.8 Å². The molecule has 36 heavy (non-hydrogen) atoms. The number of fused-ring (bicyclic) bond motifs is 1. The number of nitrogens with one attached hydrogen (secondary N) is 1. The van der Waals surface area contributed by atoms with E-state index in [9.17, 15) is 9.90 Å². The van der Waals surface area contributed by atoms with Crippen molar-refractivity contribution in [2.45, 2.75) is 44.6 Å². The Morgan fingerprint density at radius 3 is 2.47 bits per heavy atom. The lowest BCUT2D eigenvalue weighted by Gasteiger charge is -2.33. The van der Waals surface area contributed by atoms with Gasteiger partial charge in [-0.1, -0.05) is 13.0 Å². The number of rotatable bonds is 7. The first kappa shape index (κ1) is 24.7. The molecule has 0 spiro atoms. The zero-order valence-electron chi connectivity index (χ0n) is 21.5. The van der Waals surface area contributed by atoms with E-state index in [1.165, 1.54) is 16.5 Å². The molecule has 2 fully saturated rings. The van der Waals surface area contributed by atoms with Crippen LogP contribution in [0.5, 0.6) is 11.5 Å². The molecule has 3 aromatic rings. The number of aliphatic hydroxyl groups excluding tert-OH is 1. The van der Waals surface area contributed by atoms with E-state index >= 15 is 0 Å². The highest BCUT2D eigenvalue weighted by molar-refractivity contribution is 5.91. The summed E-state index contributed by atoms with van der Waals surface area (Å²) in [5.74, 6) is 2.09. The number of aryl methyl sites for hydroxylation is 1. The minimum Gasteiger partial charge on any atom is -0.493 e. The predicted molar refractivity (Wildman–Crippen MR) is 142 cm³/mol. The summed E-state index contributed by atoms with van der Waals surface area (Å²) in [6.07, 6.45) is 3.37. The van der Waals surface area contributed by atoms with Gasteiger partial charge >= 0.3 is 0 Å². The predicted octanol–water partition coefficient (Wildman–Crippen LogP) is 4.19. The number of aliphatic hydroxyl groups is 1. The Kier molecular flexibility index (Phi) is 7.21. The second-order valence-electron chi connectivity index (χ2n) is 10.0. The summed E-state index contributed by atoms with van der Waals surface area (Å²) in [6.45, 7) is 5.64. The Labute approximate surface area is 213 Å². The Morgan fingerprint density at radius 2 is 1.81 bits per heavy atom. The molecule has 0 saturated carbocycles. The smallest absolute Gasteiger partial charge is 0.236 e. The number of carbonyl (C=O) groups is 1. The maximum Gasteiger partial charge on any atom is 0.236 e. The van der Waals surface area contributed by atoms with Crippen LogP contribution in [0.15, 0.2) is 36.4 Å². The molecule has 0 radical (unpaired) electrons. The fraction of sp³-hybridized carbons (Fsp3) is 0.483. The van der Waals surface area contributed by atoms with Crippen LogP contribution in [0.4, 0.5) is 0 Å². The molecular formula is C29H37N3O4. The highest BCUT2D eigenvalue weighted by atomic mass is 16.5. The number of nitrogens with zero attached hydrogens (tertiary/aromatic N) is 2. The minimum absolute atomic E-state index is 0.191. The highest BCUT2D eigenvalue weighted by Gasteiger charge is 2.28. The van der Waals surface area contributed by atoms with Gasteiger partial charge in [0.2, 0.25) is 5.91 Å². The number of aromatic nitrogens is 1. The van der Waals surface area contributed by atoms with Crippen LogP contribution < -0.4 is 9.47 Å². The van der Waals surface area contributed by atoms with Crippen LogP contribution in [-0.4, -0.2) is 78.8 Å². The fourth-order valence-electron chi connectivity index (χ4n) is 5.83. The molecule has 1 atom stereocenters. The average Bonchev–Trinajstić information content (AvgIpc) is 3.50. The van der Waals surface area contributed by atoms with E-state index in [0.717, 1.165) is 73.6 Å². The number of hydrogen-bond acceptors (Lipinski definition) is 5. The quantitative estimate of drug-likeness (QED) is 0.518. The first-order chi connectivity index (χ1) is 17.5. The third-order valence-electron chi connectivity index (χ3n) is 7.88. The topological polar surface area (TPSA) is 78.0 Å². The maximum absolute atomic E-state index is 12.8. The van der Waals surface area contributed by atoms with Gasteiger partial charge in [0, 0.05) is 48.3 Å². The van der Waals surface area contributed by atoms with Crippen molar-refractivity contribution in [2.24, 2.45) is 0 Å². The van der Waals surface area contributed by atoms with Gasteiger partial charge in [-0.15, -0.1) is 0 Å². The molecular weight excluding hydrogens is 454 g/mol. The molecule has 0 bridgehead atoms. The number of hydrogen-bond donors (Lipinski definition) is 2.